The average molecular weight is 499 g/mol. The molecular formula is C30H31ClN4O. The molecule has 5 nitrogen and oxygen atoms in total. The van der Waals surface area contributed by atoms with Crippen molar-refractivity contribution in [1.82, 2.24) is 14.5 Å². The SMILES string of the molecule is CC(C)C(c1nc2cc(Cl)ccc2c(=O)n1Cc1ccccc1)N1CC(C)(C)N=C1c1ccccc1. The van der Waals surface area contributed by atoms with E-state index in [1.165, 1.54) is 0 Å². The highest BCUT2D eigenvalue weighted by Crippen LogP contribution is 2.36. The number of amidine groups is 1. The van der Waals surface area contributed by atoms with Crippen molar-refractivity contribution in [3.05, 3.63) is 111 Å². The van der Waals surface area contributed by atoms with Crippen molar-refractivity contribution < 1.29 is 0 Å². The highest BCUT2D eigenvalue weighted by molar-refractivity contribution is 6.31. The molecule has 4 aromatic rings. The van der Waals surface area contributed by atoms with Gasteiger partial charge in [0.05, 0.1) is 29.0 Å². The molecule has 0 amide bonds. The Morgan fingerprint density at radius 2 is 1.64 bits per heavy atom. The van der Waals surface area contributed by atoms with Gasteiger partial charge in [-0.2, -0.15) is 0 Å². The Morgan fingerprint density at radius 3 is 2.31 bits per heavy atom. The molecule has 0 fully saturated rings. The van der Waals surface area contributed by atoms with Gasteiger partial charge in [0.2, 0.25) is 0 Å². The number of hydrogen-bond donors (Lipinski definition) is 0. The second-order valence-electron chi connectivity index (χ2n) is 10.4. The first kappa shape index (κ1) is 24.3. The number of fused-ring (bicyclic) bond motifs is 1. The van der Waals surface area contributed by atoms with E-state index >= 15 is 0 Å². The topological polar surface area (TPSA) is 50.5 Å². The van der Waals surface area contributed by atoms with Crippen LogP contribution in [0.15, 0.2) is 88.6 Å². The van der Waals surface area contributed by atoms with Crippen LogP contribution in [0.3, 0.4) is 0 Å². The van der Waals surface area contributed by atoms with Gasteiger partial charge in [-0.25, -0.2) is 4.98 Å². The molecule has 2 heterocycles. The summed E-state index contributed by atoms with van der Waals surface area (Å²) in [6.45, 7) is 9.84. The number of aromatic nitrogens is 2. The van der Waals surface area contributed by atoms with E-state index in [9.17, 15) is 4.79 Å². The normalized spacial score (nSPS) is 15.9. The molecule has 1 aromatic heterocycles. The first-order chi connectivity index (χ1) is 17.2. The lowest BCUT2D eigenvalue weighted by Crippen LogP contribution is -2.42. The number of hydrogen-bond acceptors (Lipinski definition) is 4. The van der Waals surface area contributed by atoms with Crippen molar-refractivity contribution in [2.45, 2.75) is 45.8 Å². The van der Waals surface area contributed by atoms with Crippen LogP contribution in [0.5, 0.6) is 0 Å². The van der Waals surface area contributed by atoms with Crippen LogP contribution in [0.25, 0.3) is 10.9 Å². The molecule has 36 heavy (non-hydrogen) atoms. The molecule has 1 atom stereocenters. The molecule has 0 aliphatic carbocycles. The van der Waals surface area contributed by atoms with Gasteiger partial charge in [0.15, 0.2) is 0 Å². The van der Waals surface area contributed by atoms with E-state index in [-0.39, 0.29) is 23.1 Å². The Hall–Kier alpha value is -3.44. The summed E-state index contributed by atoms with van der Waals surface area (Å²) in [4.78, 5) is 26.5. The molecule has 184 valence electrons. The second-order valence-corrected chi connectivity index (χ2v) is 10.9. The van der Waals surface area contributed by atoms with Gasteiger partial charge in [-0.05, 0) is 43.5 Å². The molecule has 0 N–H and O–H groups in total. The van der Waals surface area contributed by atoms with E-state index in [1.54, 1.807) is 18.2 Å². The zero-order chi connectivity index (χ0) is 25.4. The average Bonchev–Trinajstić information content (AvgIpc) is 3.17. The quantitative estimate of drug-likeness (QED) is 0.312. The summed E-state index contributed by atoms with van der Waals surface area (Å²) in [5.41, 5.74) is 2.42. The maximum Gasteiger partial charge on any atom is 0.261 e. The summed E-state index contributed by atoms with van der Waals surface area (Å²) in [6, 6.07) is 25.5. The van der Waals surface area contributed by atoms with Crippen LogP contribution in [-0.4, -0.2) is 32.4 Å². The van der Waals surface area contributed by atoms with Crippen molar-refractivity contribution in [2.75, 3.05) is 6.54 Å². The second kappa shape index (κ2) is 9.55. The fourth-order valence-electron chi connectivity index (χ4n) is 5.08. The summed E-state index contributed by atoms with van der Waals surface area (Å²) < 4.78 is 1.84. The molecule has 6 heteroatoms. The smallest absolute Gasteiger partial charge is 0.261 e. The minimum absolute atomic E-state index is 0.0576. The minimum atomic E-state index is -0.261. The molecular weight excluding hydrogens is 468 g/mol. The molecule has 3 aromatic carbocycles. The number of aliphatic imine (C=N–C) groups is 1. The first-order valence-corrected chi connectivity index (χ1v) is 12.8. The van der Waals surface area contributed by atoms with Crippen molar-refractivity contribution in [3.63, 3.8) is 0 Å². The van der Waals surface area contributed by atoms with Crippen LogP contribution in [0.1, 0.15) is 50.7 Å². The van der Waals surface area contributed by atoms with Crippen molar-refractivity contribution in [2.24, 2.45) is 10.9 Å². The number of nitrogens with zero attached hydrogens (tertiary/aromatic N) is 4. The Morgan fingerprint density at radius 1 is 0.972 bits per heavy atom. The maximum atomic E-state index is 13.9. The van der Waals surface area contributed by atoms with Gasteiger partial charge in [0, 0.05) is 17.1 Å². The van der Waals surface area contributed by atoms with Crippen molar-refractivity contribution >= 4 is 28.3 Å². The van der Waals surface area contributed by atoms with Gasteiger partial charge < -0.3 is 4.90 Å². The molecule has 1 aliphatic heterocycles. The molecule has 0 spiro atoms. The number of halogens is 1. The van der Waals surface area contributed by atoms with E-state index in [0.29, 0.717) is 22.5 Å². The van der Waals surface area contributed by atoms with Gasteiger partial charge in [-0.3, -0.25) is 14.4 Å². The van der Waals surface area contributed by atoms with Crippen LogP contribution in [0.4, 0.5) is 0 Å². The monoisotopic (exact) mass is 498 g/mol. The largest absolute Gasteiger partial charge is 0.344 e. The van der Waals surface area contributed by atoms with E-state index in [1.807, 2.05) is 53.1 Å². The standard InChI is InChI=1S/C30H31ClN4O/c1-20(2)26(35-19-30(3,4)33-27(35)22-13-9-6-10-14-22)28-32-25-17-23(31)15-16-24(25)29(36)34(28)18-21-11-7-5-8-12-21/h5-17,20,26H,18-19H2,1-4H3. The van der Waals surface area contributed by atoms with Crippen LogP contribution >= 0.6 is 11.6 Å². The molecule has 5 rings (SSSR count). The molecule has 0 bridgehead atoms. The first-order valence-electron chi connectivity index (χ1n) is 12.4. The van der Waals surface area contributed by atoms with E-state index in [4.69, 9.17) is 21.6 Å². The minimum Gasteiger partial charge on any atom is -0.344 e. The molecule has 0 saturated heterocycles. The highest BCUT2D eigenvalue weighted by atomic mass is 35.5. The Labute approximate surface area is 217 Å². The van der Waals surface area contributed by atoms with E-state index in [0.717, 1.165) is 29.3 Å². The summed E-state index contributed by atoms with van der Waals surface area (Å²) in [5, 5.41) is 1.14. The number of benzene rings is 3. The van der Waals surface area contributed by atoms with E-state index < -0.39 is 0 Å². The van der Waals surface area contributed by atoms with Gasteiger partial charge in [-0.15, -0.1) is 0 Å². The van der Waals surface area contributed by atoms with Crippen LogP contribution in [-0.2, 0) is 6.54 Å². The third-order valence-corrected chi connectivity index (χ3v) is 6.87. The lowest BCUT2D eigenvalue weighted by Gasteiger charge is -2.35. The van der Waals surface area contributed by atoms with Gasteiger partial charge in [-0.1, -0.05) is 86.1 Å². The Kier molecular flexibility index (Phi) is 6.44. The summed E-state index contributed by atoms with van der Waals surface area (Å²) in [5.74, 6) is 1.83. The van der Waals surface area contributed by atoms with Gasteiger partial charge in [0.1, 0.15) is 11.7 Å². The molecule has 1 unspecified atom stereocenters. The zero-order valence-corrected chi connectivity index (χ0v) is 21.9. The predicted octanol–water partition coefficient (Wildman–Crippen LogP) is 6.34. The molecule has 0 saturated carbocycles. The fourth-order valence-corrected chi connectivity index (χ4v) is 5.25. The number of rotatable bonds is 6. The summed E-state index contributed by atoms with van der Waals surface area (Å²) >= 11 is 6.32. The Balaban J connectivity index is 1.73. The van der Waals surface area contributed by atoms with Crippen LogP contribution in [0, 0.1) is 5.92 Å². The highest BCUT2D eigenvalue weighted by Gasteiger charge is 2.39. The molecule has 0 radical (unpaired) electrons. The maximum absolute atomic E-state index is 13.9. The van der Waals surface area contributed by atoms with Crippen LogP contribution < -0.4 is 5.56 Å². The van der Waals surface area contributed by atoms with E-state index in [2.05, 4.69) is 44.7 Å². The van der Waals surface area contributed by atoms with Crippen molar-refractivity contribution in [1.29, 1.82) is 0 Å². The summed E-state index contributed by atoms with van der Waals surface area (Å²) in [7, 11) is 0. The summed E-state index contributed by atoms with van der Waals surface area (Å²) in [6.07, 6.45) is 0. The van der Waals surface area contributed by atoms with Crippen molar-refractivity contribution in [3.8, 4) is 0 Å². The lowest BCUT2D eigenvalue weighted by molar-refractivity contribution is 0.225. The lowest BCUT2D eigenvalue weighted by atomic mass is 9.98. The van der Waals surface area contributed by atoms with Gasteiger partial charge >= 0.3 is 0 Å². The predicted molar refractivity (Wildman–Crippen MR) is 148 cm³/mol. The zero-order valence-electron chi connectivity index (χ0n) is 21.1. The molecule has 1 aliphatic rings. The third kappa shape index (κ3) is 4.68. The third-order valence-electron chi connectivity index (χ3n) is 6.63. The fraction of sp³-hybridized carbons (Fsp3) is 0.300. The van der Waals surface area contributed by atoms with Gasteiger partial charge in [0.25, 0.3) is 5.56 Å². The Bertz CT molecular complexity index is 1480. The van der Waals surface area contributed by atoms with Crippen LogP contribution in [0.2, 0.25) is 5.02 Å².